The molecule has 0 spiro atoms. The van der Waals surface area contributed by atoms with Gasteiger partial charge in [0, 0.05) is 13.0 Å². The number of aliphatic hydroxyl groups excluding tert-OH is 1. The second kappa shape index (κ2) is 4.35. The number of rotatable bonds is 1. The van der Waals surface area contributed by atoms with Gasteiger partial charge in [0.1, 0.15) is 12.2 Å². The highest BCUT2D eigenvalue weighted by molar-refractivity contribution is 4.90. The van der Waals surface area contributed by atoms with Gasteiger partial charge in [-0.1, -0.05) is 6.92 Å². The summed E-state index contributed by atoms with van der Waals surface area (Å²) in [6.07, 6.45) is -1.79. The molecule has 15 heavy (non-hydrogen) atoms. The molecule has 0 saturated carbocycles. The van der Waals surface area contributed by atoms with Crippen LogP contribution in [-0.2, 0) is 18.9 Å². The third kappa shape index (κ3) is 2.03. The molecule has 2 aliphatic rings. The maximum atomic E-state index is 10.1. The van der Waals surface area contributed by atoms with Crippen LogP contribution in [0.5, 0.6) is 0 Å². The highest BCUT2D eigenvalue weighted by Gasteiger charge is 2.46. The molecule has 0 amide bonds. The van der Waals surface area contributed by atoms with Crippen LogP contribution in [0.1, 0.15) is 13.8 Å². The zero-order chi connectivity index (χ0) is 11.0. The molecule has 0 aromatic heterocycles. The molecule has 2 aliphatic heterocycles. The van der Waals surface area contributed by atoms with Gasteiger partial charge in [-0.2, -0.15) is 0 Å². The molecule has 0 radical (unpaired) electrons. The van der Waals surface area contributed by atoms with Crippen LogP contribution < -0.4 is 0 Å². The van der Waals surface area contributed by atoms with Gasteiger partial charge < -0.3 is 24.1 Å². The fourth-order valence-corrected chi connectivity index (χ4v) is 2.12. The fourth-order valence-electron chi connectivity index (χ4n) is 2.12. The summed E-state index contributed by atoms with van der Waals surface area (Å²) in [4.78, 5) is 0. The maximum absolute atomic E-state index is 10.1. The first-order valence-corrected chi connectivity index (χ1v) is 5.27. The standard InChI is InChI=1S/C10H18O5/c1-5-8(11)9-7(15-10(5)12-3)4-13-6(2)14-9/h5-11H,4H2,1-3H3/t5?,6?,7?,8?,9-,10?/m0/s1. The second-order valence-corrected chi connectivity index (χ2v) is 4.13. The van der Waals surface area contributed by atoms with E-state index in [1.807, 2.05) is 13.8 Å². The van der Waals surface area contributed by atoms with E-state index < -0.39 is 6.10 Å². The molecule has 1 N–H and O–H groups in total. The Morgan fingerprint density at radius 1 is 1.27 bits per heavy atom. The Kier molecular flexibility index (Phi) is 3.27. The van der Waals surface area contributed by atoms with Gasteiger partial charge in [0.2, 0.25) is 0 Å². The average molecular weight is 218 g/mol. The van der Waals surface area contributed by atoms with E-state index in [9.17, 15) is 5.11 Å². The Balaban J connectivity index is 2.07. The molecule has 2 rings (SSSR count). The van der Waals surface area contributed by atoms with E-state index in [4.69, 9.17) is 18.9 Å². The van der Waals surface area contributed by atoms with Crippen molar-refractivity contribution in [3.8, 4) is 0 Å². The summed E-state index contributed by atoms with van der Waals surface area (Å²) in [7, 11) is 1.57. The van der Waals surface area contributed by atoms with Crippen LogP contribution in [0.3, 0.4) is 0 Å². The van der Waals surface area contributed by atoms with Gasteiger partial charge in [0.15, 0.2) is 12.6 Å². The summed E-state index contributed by atoms with van der Waals surface area (Å²) in [5.74, 6) is -0.0958. The molecule has 2 saturated heterocycles. The molecule has 2 heterocycles. The first-order valence-electron chi connectivity index (χ1n) is 5.27. The Labute approximate surface area is 89.3 Å². The SMILES string of the molecule is COC1OC2COC(C)O[C@@H]2C(O)C1C. The van der Waals surface area contributed by atoms with Crippen LogP contribution in [0.2, 0.25) is 0 Å². The van der Waals surface area contributed by atoms with Crippen LogP contribution in [0.4, 0.5) is 0 Å². The van der Waals surface area contributed by atoms with Crippen LogP contribution in [0, 0.1) is 5.92 Å². The topological polar surface area (TPSA) is 57.2 Å². The molecule has 2 fully saturated rings. The van der Waals surface area contributed by atoms with Crippen molar-refractivity contribution in [1.82, 2.24) is 0 Å². The second-order valence-electron chi connectivity index (χ2n) is 4.13. The van der Waals surface area contributed by atoms with Gasteiger partial charge in [0.25, 0.3) is 0 Å². The lowest BCUT2D eigenvalue weighted by Gasteiger charge is -2.46. The summed E-state index contributed by atoms with van der Waals surface area (Å²) in [6, 6.07) is 0. The monoisotopic (exact) mass is 218 g/mol. The third-order valence-corrected chi connectivity index (χ3v) is 3.06. The van der Waals surface area contributed by atoms with Gasteiger partial charge in [0.05, 0.1) is 12.7 Å². The van der Waals surface area contributed by atoms with E-state index >= 15 is 0 Å². The molecule has 0 aromatic carbocycles. The van der Waals surface area contributed by atoms with Crippen molar-refractivity contribution < 1.29 is 24.1 Å². The quantitative estimate of drug-likeness (QED) is 0.677. The summed E-state index contributed by atoms with van der Waals surface area (Å²) >= 11 is 0. The molecule has 5 nitrogen and oxygen atoms in total. The Bertz CT molecular complexity index is 220. The molecular formula is C10H18O5. The predicted octanol–water partition coefficient (Wildman–Crippen LogP) is 0.116. The number of hydrogen-bond donors (Lipinski definition) is 1. The van der Waals surface area contributed by atoms with Crippen molar-refractivity contribution in [2.45, 2.75) is 44.7 Å². The van der Waals surface area contributed by atoms with E-state index in [-0.39, 0.29) is 30.7 Å². The molecule has 5 unspecified atom stereocenters. The minimum atomic E-state index is -0.569. The summed E-state index contributed by atoms with van der Waals surface area (Å²) < 4.78 is 21.6. The largest absolute Gasteiger partial charge is 0.390 e. The lowest BCUT2D eigenvalue weighted by atomic mass is 9.92. The van der Waals surface area contributed by atoms with Crippen molar-refractivity contribution in [2.75, 3.05) is 13.7 Å². The van der Waals surface area contributed by atoms with Crippen molar-refractivity contribution in [3.05, 3.63) is 0 Å². The number of ether oxygens (including phenoxy) is 4. The predicted molar refractivity (Wildman–Crippen MR) is 51.1 cm³/mol. The Morgan fingerprint density at radius 2 is 2.00 bits per heavy atom. The number of methoxy groups -OCH3 is 1. The molecule has 0 bridgehead atoms. The van der Waals surface area contributed by atoms with Gasteiger partial charge in [-0.15, -0.1) is 0 Å². The van der Waals surface area contributed by atoms with Gasteiger partial charge in [-0.05, 0) is 6.92 Å². The van der Waals surface area contributed by atoms with E-state index in [2.05, 4.69) is 0 Å². The van der Waals surface area contributed by atoms with Crippen molar-refractivity contribution in [2.24, 2.45) is 5.92 Å². The molecule has 0 aliphatic carbocycles. The average Bonchev–Trinajstić information content (AvgIpc) is 2.24. The molecule has 88 valence electrons. The zero-order valence-electron chi connectivity index (χ0n) is 9.25. The van der Waals surface area contributed by atoms with Crippen molar-refractivity contribution >= 4 is 0 Å². The summed E-state index contributed by atoms with van der Waals surface area (Å²) in [6.45, 7) is 4.14. The minimum absolute atomic E-state index is 0.0958. The van der Waals surface area contributed by atoms with Crippen molar-refractivity contribution in [1.29, 1.82) is 0 Å². The molecule has 0 aromatic rings. The lowest BCUT2D eigenvalue weighted by molar-refractivity contribution is -0.342. The number of hydrogen-bond acceptors (Lipinski definition) is 5. The Hall–Kier alpha value is -0.200. The molecular weight excluding hydrogens is 200 g/mol. The van der Waals surface area contributed by atoms with Gasteiger partial charge in [-0.25, -0.2) is 0 Å². The van der Waals surface area contributed by atoms with Crippen LogP contribution in [0.15, 0.2) is 0 Å². The van der Waals surface area contributed by atoms with E-state index in [1.165, 1.54) is 0 Å². The molecule has 6 atom stereocenters. The summed E-state index contributed by atoms with van der Waals surface area (Å²) in [5, 5.41) is 10.1. The van der Waals surface area contributed by atoms with E-state index in [0.29, 0.717) is 6.61 Å². The van der Waals surface area contributed by atoms with E-state index in [1.54, 1.807) is 7.11 Å². The van der Waals surface area contributed by atoms with E-state index in [0.717, 1.165) is 0 Å². The normalized spacial score (nSPS) is 51.2. The first-order chi connectivity index (χ1) is 7.13. The lowest BCUT2D eigenvalue weighted by Crippen LogP contribution is -2.59. The third-order valence-electron chi connectivity index (χ3n) is 3.06. The highest BCUT2D eigenvalue weighted by Crippen LogP contribution is 2.31. The van der Waals surface area contributed by atoms with Crippen molar-refractivity contribution in [3.63, 3.8) is 0 Å². The maximum Gasteiger partial charge on any atom is 0.162 e. The smallest absolute Gasteiger partial charge is 0.162 e. The first kappa shape index (κ1) is 11.3. The zero-order valence-corrected chi connectivity index (χ0v) is 9.25. The van der Waals surface area contributed by atoms with Crippen LogP contribution in [0.25, 0.3) is 0 Å². The Morgan fingerprint density at radius 3 is 2.67 bits per heavy atom. The van der Waals surface area contributed by atoms with Gasteiger partial charge >= 0.3 is 0 Å². The minimum Gasteiger partial charge on any atom is -0.390 e. The van der Waals surface area contributed by atoms with Crippen LogP contribution >= 0.6 is 0 Å². The highest BCUT2D eigenvalue weighted by atomic mass is 16.7. The fraction of sp³-hybridized carbons (Fsp3) is 1.00. The number of aliphatic hydroxyl groups is 1. The molecule has 5 heteroatoms. The van der Waals surface area contributed by atoms with Crippen LogP contribution in [-0.4, -0.2) is 49.7 Å². The summed E-state index contributed by atoms with van der Waals surface area (Å²) in [5.41, 5.74) is 0. The number of fused-ring (bicyclic) bond motifs is 1. The van der Waals surface area contributed by atoms with Gasteiger partial charge in [-0.3, -0.25) is 0 Å².